The monoisotopic (exact) mass is 289 g/mol. The number of aliphatic imine (C=N–C) groups is 2. The Bertz CT molecular complexity index is 334. The fraction of sp³-hybridized carbons (Fsp3) is 0.833. The Morgan fingerprint density at radius 1 is 1.22 bits per heavy atom. The molecule has 4 nitrogen and oxygen atoms in total. The van der Waals surface area contributed by atoms with Crippen molar-refractivity contribution in [3.8, 4) is 0 Å². The molecule has 0 radical (unpaired) electrons. The first kappa shape index (κ1) is 15.5. The summed E-state index contributed by atoms with van der Waals surface area (Å²) in [6.07, 6.45) is 0. The molecule has 0 spiro atoms. The third-order valence-electron chi connectivity index (χ3n) is 2.91. The van der Waals surface area contributed by atoms with Gasteiger partial charge in [-0.15, -0.1) is 0 Å². The summed E-state index contributed by atoms with van der Waals surface area (Å²) in [5.41, 5.74) is 0.712. The summed E-state index contributed by atoms with van der Waals surface area (Å²) in [6, 6.07) is 0.862. The molecule has 18 heavy (non-hydrogen) atoms. The molecule has 0 aliphatic carbocycles. The summed E-state index contributed by atoms with van der Waals surface area (Å²) in [5.74, 6) is 1.76. The number of nitrogens with zero attached hydrogens (tertiary/aromatic N) is 2. The minimum Gasteiger partial charge on any atom is -0.483 e. The molecule has 0 saturated heterocycles. The van der Waals surface area contributed by atoms with E-state index in [9.17, 15) is 0 Å². The van der Waals surface area contributed by atoms with Crippen LogP contribution in [0.3, 0.4) is 0 Å². The maximum absolute atomic E-state index is 5.90. The van der Waals surface area contributed by atoms with Crippen LogP contribution < -0.4 is 0 Å². The Kier molecular flexibility index (Phi) is 6.15. The van der Waals surface area contributed by atoms with E-state index >= 15 is 0 Å². The maximum Gasteiger partial charge on any atom is 0.330 e. The summed E-state index contributed by atoms with van der Waals surface area (Å²) >= 11 is 5.90. The first-order valence-electron chi connectivity index (χ1n) is 6.14. The highest BCUT2D eigenvalue weighted by atomic mass is 35.5. The van der Waals surface area contributed by atoms with Crippen molar-refractivity contribution in [2.45, 2.75) is 38.5 Å². The van der Waals surface area contributed by atoms with Gasteiger partial charge in [-0.1, -0.05) is 25.4 Å². The van der Waals surface area contributed by atoms with Crippen molar-refractivity contribution in [1.82, 2.24) is 0 Å². The highest BCUT2D eigenvalue weighted by Gasteiger charge is 2.35. The molecule has 0 unspecified atom stereocenters. The Labute approximate surface area is 116 Å². The molecule has 0 bridgehead atoms. The van der Waals surface area contributed by atoms with Gasteiger partial charge in [0.05, 0.1) is 20.8 Å². The summed E-state index contributed by atoms with van der Waals surface area (Å²) in [6.45, 7) is 6.40. The number of hydrogen-bond acceptors (Lipinski definition) is 4. The van der Waals surface area contributed by atoms with Crippen LogP contribution in [0.4, 0.5) is 0 Å². The zero-order valence-electron chi connectivity index (χ0n) is 11.7. The van der Waals surface area contributed by atoms with Crippen LogP contribution in [-0.4, -0.2) is 52.4 Å². The van der Waals surface area contributed by atoms with Gasteiger partial charge in [0, 0.05) is 0 Å². The quantitative estimate of drug-likeness (QED) is 0.589. The lowest BCUT2D eigenvalue weighted by Gasteiger charge is -2.26. The Morgan fingerprint density at radius 2 is 1.83 bits per heavy atom. The fourth-order valence-electron chi connectivity index (χ4n) is 1.88. The lowest BCUT2D eigenvalue weighted by atomic mass is 10.0. The van der Waals surface area contributed by atoms with Crippen molar-refractivity contribution in [3.05, 3.63) is 0 Å². The van der Waals surface area contributed by atoms with Gasteiger partial charge in [-0.25, -0.2) is 9.98 Å². The van der Waals surface area contributed by atoms with E-state index in [0.717, 1.165) is 6.04 Å². The van der Waals surface area contributed by atoms with Crippen LogP contribution in [0.2, 0.25) is 12.6 Å². The van der Waals surface area contributed by atoms with E-state index in [-0.39, 0.29) is 12.1 Å². The predicted molar refractivity (Wildman–Crippen MR) is 78.4 cm³/mol. The normalized spacial score (nSPS) is 23.5. The summed E-state index contributed by atoms with van der Waals surface area (Å²) in [4.78, 5) is 9.28. The largest absolute Gasteiger partial charge is 0.483 e. The second-order valence-corrected chi connectivity index (χ2v) is 8.23. The van der Waals surface area contributed by atoms with Crippen molar-refractivity contribution in [2.75, 3.05) is 19.7 Å². The number of halogens is 1. The molecular weight excluding hydrogens is 268 g/mol. The van der Waals surface area contributed by atoms with Crippen LogP contribution in [0, 0.1) is 5.92 Å². The third-order valence-corrected chi connectivity index (χ3v) is 5.82. The van der Waals surface area contributed by atoms with Crippen LogP contribution in [0.5, 0.6) is 0 Å². The number of rotatable bonds is 4. The number of methoxy groups -OCH3 is 2. The van der Waals surface area contributed by atoms with E-state index in [1.54, 1.807) is 14.2 Å². The summed E-state index contributed by atoms with van der Waals surface area (Å²) < 4.78 is 10.8. The van der Waals surface area contributed by atoms with E-state index in [1.165, 1.54) is 0 Å². The van der Waals surface area contributed by atoms with E-state index in [2.05, 4.69) is 30.4 Å². The van der Waals surface area contributed by atoms with Gasteiger partial charge in [0.2, 0.25) is 11.8 Å². The van der Waals surface area contributed by atoms with Crippen molar-refractivity contribution in [3.63, 3.8) is 0 Å². The predicted octanol–water partition coefficient (Wildman–Crippen LogP) is 2.39. The van der Waals surface area contributed by atoms with Gasteiger partial charge in [-0.05, 0) is 5.92 Å². The minimum atomic E-state index is -0.597. The fourth-order valence-corrected chi connectivity index (χ4v) is 3.24. The van der Waals surface area contributed by atoms with Gasteiger partial charge in [-0.3, -0.25) is 0 Å². The number of ether oxygens (including phenoxy) is 2. The zero-order valence-corrected chi connectivity index (χ0v) is 13.5. The lowest BCUT2D eigenvalue weighted by molar-refractivity contribution is 0.335. The SMILES string of the molecule is COC1=N[C@H](C(C)C)C(OC)=N[C@@H]1C[Si+](C)CCl. The van der Waals surface area contributed by atoms with E-state index in [1.807, 2.05) is 0 Å². The van der Waals surface area contributed by atoms with Crippen LogP contribution >= 0.6 is 11.6 Å². The van der Waals surface area contributed by atoms with E-state index in [0.29, 0.717) is 23.2 Å². The highest BCUT2D eigenvalue weighted by molar-refractivity contribution is 6.66. The molecule has 0 fully saturated rings. The number of hydrogen-bond donors (Lipinski definition) is 0. The molecule has 0 amide bonds. The average Bonchev–Trinajstić information content (AvgIpc) is 2.37. The maximum atomic E-state index is 5.90. The molecule has 0 N–H and O–H groups in total. The number of alkyl halides is 1. The molecular formula is C12H22ClN2O2Si+. The topological polar surface area (TPSA) is 43.2 Å². The molecule has 1 aliphatic heterocycles. The van der Waals surface area contributed by atoms with Gasteiger partial charge in [0.1, 0.15) is 17.6 Å². The van der Waals surface area contributed by atoms with Crippen LogP contribution in [0.25, 0.3) is 0 Å². The third kappa shape index (κ3) is 3.72. The molecule has 0 saturated carbocycles. The first-order chi connectivity index (χ1) is 8.53. The minimum absolute atomic E-state index is 0.0300. The zero-order chi connectivity index (χ0) is 13.7. The molecule has 102 valence electrons. The van der Waals surface area contributed by atoms with Crippen LogP contribution in [0.15, 0.2) is 9.98 Å². The van der Waals surface area contributed by atoms with Crippen LogP contribution in [0.1, 0.15) is 13.8 Å². The molecule has 0 aromatic rings. The standard InChI is InChI=1S/C12H22ClN2O2Si/c1-8(2)10-12(17-4)14-9(6-18(5)7-13)11(15-10)16-3/h8-10H,6-7H2,1-5H3/q+1/t9-,10-/m1/s1. The van der Waals surface area contributed by atoms with Gasteiger partial charge in [0.15, 0.2) is 6.04 Å². The summed E-state index contributed by atoms with van der Waals surface area (Å²) in [7, 11) is 2.71. The smallest absolute Gasteiger partial charge is 0.330 e. The first-order valence-corrected chi connectivity index (χ1v) is 9.09. The van der Waals surface area contributed by atoms with Crippen molar-refractivity contribution < 1.29 is 9.47 Å². The molecule has 0 aromatic carbocycles. The molecule has 0 aromatic heterocycles. The molecule has 1 rings (SSSR count). The molecule has 6 heteroatoms. The molecule has 1 aliphatic rings. The average molecular weight is 290 g/mol. The highest BCUT2D eigenvalue weighted by Crippen LogP contribution is 2.20. The Morgan fingerprint density at radius 3 is 2.28 bits per heavy atom. The summed E-state index contributed by atoms with van der Waals surface area (Å²) in [5, 5.41) is 0. The second-order valence-electron chi connectivity index (χ2n) is 4.84. The lowest BCUT2D eigenvalue weighted by Crippen LogP contribution is -2.39. The van der Waals surface area contributed by atoms with Gasteiger partial charge < -0.3 is 9.47 Å². The van der Waals surface area contributed by atoms with Gasteiger partial charge in [-0.2, -0.15) is 0 Å². The molecule has 1 heterocycles. The van der Waals surface area contributed by atoms with E-state index in [4.69, 9.17) is 21.1 Å². The van der Waals surface area contributed by atoms with Crippen molar-refractivity contribution in [2.24, 2.45) is 15.9 Å². The Hall–Kier alpha value is -0.553. The van der Waals surface area contributed by atoms with E-state index < -0.39 is 8.80 Å². The second kappa shape index (κ2) is 7.14. The molecule has 2 atom stereocenters. The van der Waals surface area contributed by atoms with Crippen molar-refractivity contribution in [1.29, 1.82) is 0 Å². The van der Waals surface area contributed by atoms with Crippen molar-refractivity contribution >= 4 is 32.2 Å². The van der Waals surface area contributed by atoms with Crippen LogP contribution in [-0.2, 0) is 9.47 Å². The Balaban J connectivity index is 2.91. The van der Waals surface area contributed by atoms with Gasteiger partial charge in [0.25, 0.3) is 0 Å². The van der Waals surface area contributed by atoms with Gasteiger partial charge >= 0.3 is 8.80 Å².